The van der Waals surface area contributed by atoms with Crippen LogP contribution in [0.5, 0.6) is 0 Å². The van der Waals surface area contributed by atoms with E-state index in [4.69, 9.17) is 19.9 Å². The van der Waals surface area contributed by atoms with Gasteiger partial charge in [0.25, 0.3) is 0 Å². The Bertz CT molecular complexity index is 153. The van der Waals surface area contributed by atoms with Crippen LogP contribution in [-0.4, -0.2) is 52.8 Å². The van der Waals surface area contributed by atoms with Crippen molar-refractivity contribution in [3.8, 4) is 0 Å². The van der Waals surface area contributed by atoms with Crippen LogP contribution in [0.2, 0.25) is 0 Å². The minimum atomic E-state index is -0.797. The van der Waals surface area contributed by atoms with Gasteiger partial charge in [-0.15, -0.1) is 0 Å². The van der Waals surface area contributed by atoms with E-state index in [1.165, 1.54) is 0 Å². The van der Waals surface area contributed by atoms with Crippen LogP contribution in [-0.2, 0) is 18.9 Å². The van der Waals surface area contributed by atoms with Crippen molar-refractivity contribution < 1.29 is 23.7 Å². The van der Waals surface area contributed by atoms with Gasteiger partial charge >= 0.3 is 6.09 Å². The molecule has 6 nitrogen and oxygen atoms in total. The maximum Gasteiger partial charge on any atom is 0.404 e. The lowest BCUT2D eigenvalue weighted by molar-refractivity contribution is -0.0366. The third kappa shape index (κ3) is 7.78. The van der Waals surface area contributed by atoms with Crippen molar-refractivity contribution in [1.29, 1.82) is 0 Å². The molecule has 0 saturated carbocycles. The van der Waals surface area contributed by atoms with E-state index in [0.717, 1.165) is 0 Å². The van der Waals surface area contributed by atoms with E-state index < -0.39 is 6.09 Å². The van der Waals surface area contributed by atoms with Crippen LogP contribution in [0.4, 0.5) is 4.79 Å². The molecule has 0 aromatic heterocycles. The average Bonchev–Trinajstić information content (AvgIpc) is 2.15. The van der Waals surface area contributed by atoms with E-state index in [0.29, 0.717) is 19.8 Å². The third-order valence-electron chi connectivity index (χ3n) is 1.46. The van der Waals surface area contributed by atoms with E-state index in [1.54, 1.807) is 14.2 Å². The molecule has 0 spiro atoms. The summed E-state index contributed by atoms with van der Waals surface area (Å²) in [7, 11) is 3.16. The zero-order valence-electron chi connectivity index (χ0n) is 8.52. The lowest BCUT2D eigenvalue weighted by atomic mass is 10.4. The van der Waals surface area contributed by atoms with Gasteiger partial charge in [0.05, 0.1) is 19.8 Å². The van der Waals surface area contributed by atoms with Gasteiger partial charge < -0.3 is 24.7 Å². The molecule has 1 unspecified atom stereocenters. The van der Waals surface area contributed by atoms with Gasteiger partial charge in [0.2, 0.25) is 0 Å². The maximum atomic E-state index is 10.2. The summed E-state index contributed by atoms with van der Waals surface area (Å²) in [6.45, 7) is 1.31. The Morgan fingerprint density at radius 3 is 2.50 bits per heavy atom. The SMILES string of the molecule is COCC(COCCOC(N)=O)OC. The van der Waals surface area contributed by atoms with E-state index in [2.05, 4.69) is 4.74 Å². The number of hydrogen-bond acceptors (Lipinski definition) is 5. The number of carbonyl (C=O) groups is 1. The lowest BCUT2D eigenvalue weighted by Gasteiger charge is -2.14. The van der Waals surface area contributed by atoms with E-state index in [-0.39, 0.29) is 12.7 Å². The minimum absolute atomic E-state index is 0.103. The molecule has 1 amide bonds. The van der Waals surface area contributed by atoms with Gasteiger partial charge in [-0.25, -0.2) is 4.79 Å². The highest BCUT2D eigenvalue weighted by atomic mass is 16.6. The van der Waals surface area contributed by atoms with Crippen LogP contribution in [0.15, 0.2) is 0 Å². The normalized spacial score (nSPS) is 12.4. The van der Waals surface area contributed by atoms with Crippen molar-refractivity contribution in [2.24, 2.45) is 5.73 Å². The number of carbonyl (C=O) groups excluding carboxylic acids is 1. The van der Waals surface area contributed by atoms with Gasteiger partial charge in [-0.2, -0.15) is 0 Å². The summed E-state index contributed by atoms with van der Waals surface area (Å²) < 4.78 is 19.5. The van der Waals surface area contributed by atoms with Crippen LogP contribution in [0, 0.1) is 0 Å². The maximum absolute atomic E-state index is 10.2. The van der Waals surface area contributed by atoms with Crippen LogP contribution >= 0.6 is 0 Å². The molecule has 0 fully saturated rings. The molecular formula is C8H17NO5. The molecule has 84 valence electrons. The summed E-state index contributed by atoms with van der Waals surface area (Å²) in [6.07, 6.45) is -0.901. The molecule has 0 aliphatic rings. The quantitative estimate of drug-likeness (QED) is 0.555. The number of primary amides is 1. The highest BCUT2D eigenvalue weighted by molar-refractivity contribution is 5.64. The lowest BCUT2D eigenvalue weighted by Crippen LogP contribution is -2.25. The van der Waals surface area contributed by atoms with Crippen molar-refractivity contribution in [3.05, 3.63) is 0 Å². The molecule has 0 bridgehead atoms. The molecule has 0 saturated heterocycles. The first-order valence-corrected chi connectivity index (χ1v) is 4.22. The number of nitrogens with two attached hydrogens (primary N) is 1. The second-order valence-electron chi connectivity index (χ2n) is 2.56. The van der Waals surface area contributed by atoms with Crippen LogP contribution < -0.4 is 5.73 Å². The number of amides is 1. The third-order valence-corrected chi connectivity index (χ3v) is 1.46. The molecule has 0 aromatic rings. The molecule has 6 heteroatoms. The first-order valence-electron chi connectivity index (χ1n) is 4.22. The highest BCUT2D eigenvalue weighted by Crippen LogP contribution is 1.92. The largest absolute Gasteiger partial charge is 0.447 e. The highest BCUT2D eigenvalue weighted by Gasteiger charge is 2.06. The van der Waals surface area contributed by atoms with E-state index >= 15 is 0 Å². The van der Waals surface area contributed by atoms with Gasteiger partial charge in [-0.05, 0) is 0 Å². The van der Waals surface area contributed by atoms with E-state index in [9.17, 15) is 4.79 Å². The summed E-state index contributed by atoms with van der Waals surface area (Å²) in [5.74, 6) is 0. The summed E-state index contributed by atoms with van der Waals surface area (Å²) >= 11 is 0. The standard InChI is InChI=1S/C8H17NO5/c1-11-5-7(12-2)6-13-3-4-14-8(9)10/h7H,3-6H2,1-2H3,(H2,9,10). The van der Waals surface area contributed by atoms with Crippen molar-refractivity contribution in [1.82, 2.24) is 0 Å². The first-order chi connectivity index (χ1) is 6.70. The molecular weight excluding hydrogens is 190 g/mol. The molecule has 0 aromatic carbocycles. The monoisotopic (exact) mass is 207 g/mol. The Morgan fingerprint density at radius 1 is 1.29 bits per heavy atom. The Morgan fingerprint density at radius 2 is 2.00 bits per heavy atom. The smallest absolute Gasteiger partial charge is 0.404 e. The van der Waals surface area contributed by atoms with Gasteiger partial charge in [0.15, 0.2) is 0 Å². The Labute approximate surface area is 83.2 Å². The van der Waals surface area contributed by atoms with Crippen molar-refractivity contribution in [2.45, 2.75) is 6.10 Å². The van der Waals surface area contributed by atoms with Gasteiger partial charge in [-0.3, -0.25) is 0 Å². The molecule has 0 aliphatic heterocycles. The summed E-state index contributed by atoms with van der Waals surface area (Å²) in [6, 6.07) is 0. The molecule has 14 heavy (non-hydrogen) atoms. The summed E-state index contributed by atoms with van der Waals surface area (Å²) in [5, 5.41) is 0. The Balaban J connectivity index is 3.28. The van der Waals surface area contributed by atoms with Crippen molar-refractivity contribution >= 4 is 6.09 Å². The summed E-state index contributed by atoms with van der Waals surface area (Å²) in [4.78, 5) is 10.2. The fourth-order valence-electron chi connectivity index (χ4n) is 0.786. The fourth-order valence-corrected chi connectivity index (χ4v) is 0.786. The summed E-state index contributed by atoms with van der Waals surface area (Å²) in [5.41, 5.74) is 4.75. The molecule has 0 radical (unpaired) electrons. The number of methoxy groups -OCH3 is 2. The van der Waals surface area contributed by atoms with Gasteiger partial charge in [0.1, 0.15) is 12.7 Å². The zero-order valence-corrected chi connectivity index (χ0v) is 8.52. The van der Waals surface area contributed by atoms with Crippen LogP contribution in [0.25, 0.3) is 0 Å². The molecule has 2 N–H and O–H groups in total. The molecule has 0 heterocycles. The minimum Gasteiger partial charge on any atom is -0.447 e. The average molecular weight is 207 g/mol. The van der Waals surface area contributed by atoms with Crippen molar-refractivity contribution in [2.75, 3.05) is 40.6 Å². The Kier molecular flexibility index (Phi) is 8.20. The topological polar surface area (TPSA) is 80.0 Å². The second kappa shape index (κ2) is 8.74. The Hall–Kier alpha value is -0.850. The molecule has 1 atom stereocenters. The predicted octanol–water partition coefficient (Wildman–Crippen LogP) is -0.240. The van der Waals surface area contributed by atoms with Crippen LogP contribution in [0.1, 0.15) is 0 Å². The van der Waals surface area contributed by atoms with Gasteiger partial charge in [0, 0.05) is 14.2 Å². The van der Waals surface area contributed by atoms with E-state index in [1.807, 2.05) is 0 Å². The van der Waals surface area contributed by atoms with Gasteiger partial charge in [-0.1, -0.05) is 0 Å². The molecule has 0 rings (SSSR count). The number of ether oxygens (including phenoxy) is 4. The first kappa shape index (κ1) is 13.2. The predicted molar refractivity (Wildman–Crippen MR) is 49.0 cm³/mol. The fraction of sp³-hybridized carbons (Fsp3) is 0.875. The van der Waals surface area contributed by atoms with Crippen molar-refractivity contribution in [3.63, 3.8) is 0 Å². The molecule has 0 aliphatic carbocycles. The van der Waals surface area contributed by atoms with Crippen LogP contribution in [0.3, 0.4) is 0 Å². The second-order valence-corrected chi connectivity index (χ2v) is 2.56. The zero-order chi connectivity index (χ0) is 10.8. The number of hydrogen-bond donors (Lipinski definition) is 1. The number of rotatable bonds is 8.